The van der Waals surface area contributed by atoms with E-state index >= 15 is 0 Å². The highest BCUT2D eigenvalue weighted by Crippen LogP contribution is 2.43. The fraction of sp³-hybridized carbons (Fsp3) is 0.360. The standard InChI is InChI=1S/C25H27N5O/c31-24(19-7-9-22(10-8-19)30-12-4-11-26-30)27-23-20-15-28-13-14-29(16-20)18-25(23,17-28)21-5-2-1-3-6-21/h1-12,20,23H,13-18H2,(H,27,31). The molecular weight excluding hydrogens is 386 g/mol. The van der Waals surface area contributed by atoms with Crippen LogP contribution in [0, 0.1) is 5.92 Å². The highest BCUT2D eigenvalue weighted by molar-refractivity contribution is 5.94. The largest absolute Gasteiger partial charge is 0.348 e. The number of carbonyl (C=O) groups is 1. The number of piperidine rings is 2. The van der Waals surface area contributed by atoms with Crippen molar-refractivity contribution in [3.63, 3.8) is 0 Å². The van der Waals surface area contributed by atoms with Crippen molar-refractivity contribution in [1.29, 1.82) is 0 Å². The van der Waals surface area contributed by atoms with Crippen molar-refractivity contribution >= 4 is 5.91 Å². The Hall–Kier alpha value is -2.96. The van der Waals surface area contributed by atoms with E-state index in [4.69, 9.17) is 0 Å². The molecule has 3 unspecified atom stereocenters. The first-order valence-corrected chi connectivity index (χ1v) is 11.1. The molecule has 3 atom stereocenters. The molecule has 0 aliphatic carbocycles. The predicted octanol–water partition coefficient (Wildman–Crippen LogP) is 2.17. The summed E-state index contributed by atoms with van der Waals surface area (Å²) in [6.07, 6.45) is 3.66. The van der Waals surface area contributed by atoms with E-state index in [1.165, 1.54) is 5.56 Å². The summed E-state index contributed by atoms with van der Waals surface area (Å²) in [4.78, 5) is 18.5. The third-order valence-corrected chi connectivity index (χ3v) is 7.33. The van der Waals surface area contributed by atoms with Gasteiger partial charge in [0.25, 0.3) is 5.91 Å². The maximum atomic E-state index is 13.3. The molecule has 0 spiro atoms. The molecule has 158 valence electrons. The van der Waals surface area contributed by atoms with Crippen LogP contribution in [-0.4, -0.2) is 70.8 Å². The minimum absolute atomic E-state index is 0.0171. The minimum atomic E-state index is -0.0659. The fourth-order valence-corrected chi connectivity index (χ4v) is 5.98. The van der Waals surface area contributed by atoms with E-state index in [9.17, 15) is 4.79 Å². The molecule has 4 aliphatic rings. The van der Waals surface area contributed by atoms with Gasteiger partial charge in [-0.15, -0.1) is 0 Å². The quantitative estimate of drug-likeness (QED) is 0.712. The van der Waals surface area contributed by atoms with Gasteiger partial charge in [-0.3, -0.25) is 4.79 Å². The lowest BCUT2D eigenvalue weighted by atomic mass is 9.64. The number of hydrogen-bond donors (Lipinski definition) is 1. The maximum absolute atomic E-state index is 13.3. The number of nitrogens with zero attached hydrogens (tertiary/aromatic N) is 4. The van der Waals surface area contributed by atoms with E-state index < -0.39 is 0 Å². The Kier molecular flexibility index (Phi) is 4.44. The molecule has 6 nitrogen and oxygen atoms in total. The molecule has 0 radical (unpaired) electrons. The molecule has 6 heteroatoms. The van der Waals surface area contributed by atoms with Gasteiger partial charge in [-0.2, -0.15) is 5.10 Å². The van der Waals surface area contributed by atoms with Crippen LogP contribution >= 0.6 is 0 Å². The van der Waals surface area contributed by atoms with Crippen LogP contribution in [0.15, 0.2) is 73.1 Å². The second-order valence-corrected chi connectivity index (χ2v) is 9.20. The second kappa shape index (κ2) is 7.32. The first-order valence-electron chi connectivity index (χ1n) is 11.1. The molecular formula is C25H27N5O. The summed E-state index contributed by atoms with van der Waals surface area (Å²) in [6, 6.07) is 20.6. The number of amides is 1. The number of rotatable bonds is 4. The molecule has 4 bridgehead atoms. The predicted molar refractivity (Wildman–Crippen MR) is 119 cm³/mol. The van der Waals surface area contributed by atoms with Gasteiger partial charge in [0.15, 0.2) is 0 Å². The number of aromatic nitrogens is 2. The van der Waals surface area contributed by atoms with Gasteiger partial charge in [-0.05, 0) is 35.9 Å². The van der Waals surface area contributed by atoms with Crippen molar-refractivity contribution in [3.05, 3.63) is 84.2 Å². The second-order valence-electron chi connectivity index (χ2n) is 9.20. The van der Waals surface area contributed by atoms with Crippen molar-refractivity contribution in [2.75, 3.05) is 39.3 Å². The van der Waals surface area contributed by atoms with Crippen LogP contribution in [0.2, 0.25) is 0 Å². The Balaban J connectivity index is 1.31. The Labute approximate surface area is 182 Å². The average Bonchev–Trinajstić information content (AvgIpc) is 3.23. The molecule has 1 amide bonds. The van der Waals surface area contributed by atoms with Crippen LogP contribution in [-0.2, 0) is 5.41 Å². The van der Waals surface area contributed by atoms with Gasteiger partial charge in [-0.25, -0.2) is 4.68 Å². The van der Waals surface area contributed by atoms with Gasteiger partial charge in [0.1, 0.15) is 0 Å². The van der Waals surface area contributed by atoms with Crippen molar-refractivity contribution in [2.45, 2.75) is 11.5 Å². The summed E-state index contributed by atoms with van der Waals surface area (Å²) in [5.41, 5.74) is 2.93. The molecule has 1 aromatic heterocycles. The Morgan fingerprint density at radius 3 is 2.29 bits per heavy atom. The zero-order chi connectivity index (χ0) is 20.8. The molecule has 31 heavy (non-hydrogen) atoms. The molecule has 4 saturated heterocycles. The molecule has 0 saturated carbocycles. The molecule has 4 fully saturated rings. The normalized spacial score (nSPS) is 31.4. The summed E-state index contributed by atoms with van der Waals surface area (Å²) < 4.78 is 1.80. The van der Waals surface area contributed by atoms with E-state index in [0.29, 0.717) is 11.5 Å². The maximum Gasteiger partial charge on any atom is 0.251 e. The Morgan fingerprint density at radius 1 is 0.935 bits per heavy atom. The number of benzene rings is 2. The fourth-order valence-electron chi connectivity index (χ4n) is 5.98. The van der Waals surface area contributed by atoms with Crippen molar-refractivity contribution in [3.8, 4) is 5.69 Å². The van der Waals surface area contributed by atoms with Gasteiger partial charge in [0.05, 0.1) is 5.69 Å². The van der Waals surface area contributed by atoms with Crippen LogP contribution in [0.25, 0.3) is 5.69 Å². The van der Waals surface area contributed by atoms with E-state index in [-0.39, 0.29) is 17.4 Å². The van der Waals surface area contributed by atoms with Gasteiger partial charge >= 0.3 is 0 Å². The summed E-state index contributed by atoms with van der Waals surface area (Å²) >= 11 is 0. The lowest BCUT2D eigenvalue weighted by Crippen LogP contribution is -2.70. The van der Waals surface area contributed by atoms with Gasteiger partial charge in [-0.1, -0.05) is 30.3 Å². The summed E-state index contributed by atoms with van der Waals surface area (Å²) in [5.74, 6) is 0.459. The van der Waals surface area contributed by atoms with Crippen LogP contribution in [0.1, 0.15) is 15.9 Å². The van der Waals surface area contributed by atoms with Crippen LogP contribution in [0.3, 0.4) is 0 Å². The first kappa shape index (κ1) is 18.8. The Morgan fingerprint density at radius 2 is 1.65 bits per heavy atom. The van der Waals surface area contributed by atoms with Gasteiger partial charge < -0.3 is 15.1 Å². The summed E-state index contributed by atoms with van der Waals surface area (Å²) in [7, 11) is 0. The van der Waals surface area contributed by atoms with Crippen molar-refractivity contribution in [2.24, 2.45) is 5.92 Å². The lowest BCUT2D eigenvalue weighted by molar-refractivity contribution is 0.0180. The monoisotopic (exact) mass is 413 g/mol. The SMILES string of the molecule is O=C(NC1C2CN3CCN(C2)CC1(c1ccccc1)C3)c1ccc(-n2cccn2)cc1. The number of carbonyl (C=O) groups excluding carboxylic acids is 1. The molecule has 3 aromatic rings. The summed E-state index contributed by atoms with van der Waals surface area (Å²) in [5, 5.41) is 7.75. The molecule has 4 aliphatic heterocycles. The zero-order valence-corrected chi connectivity index (χ0v) is 17.5. The smallest absolute Gasteiger partial charge is 0.251 e. The van der Waals surface area contributed by atoms with E-state index in [1.807, 2.05) is 36.5 Å². The first-order chi connectivity index (χ1) is 15.2. The molecule has 2 aromatic carbocycles. The molecule has 5 heterocycles. The highest BCUT2D eigenvalue weighted by Gasteiger charge is 2.55. The Bertz CT molecular complexity index is 1050. The lowest BCUT2D eigenvalue weighted by Gasteiger charge is -2.55. The van der Waals surface area contributed by atoms with Crippen LogP contribution in [0.4, 0.5) is 0 Å². The number of nitrogens with one attached hydrogen (secondary N) is 1. The topological polar surface area (TPSA) is 53.4 Å². The van der Waals surface area contributed by atoms with Crippen LogP contribution in [0.5, 0.6) is 0 Å². The van der Waals surface area contributed by atoms with Crippen molar-refractivity contribution in [1.82, 2.24) is 24.9 Å². The van der Waals surface area contributed by atoms with Gasteiger partial charge in [0, 0.05) is 74.6 Å². The number of fused-ring (bicyclic) bond motifs is 1. The molecule has 1 N–H and O–H groups in total. The van der Waals surface area contributed by atoms with Crippen molar-refractivity contribution < 1.29 is 4.79 Å². The summed E-state index contributed by atoms with van der Waals surface area (Å²) in [6.45, 7) is 6.39. The highest BCUT2D eigenvalue weighted by atomic mass is 16.1. The van der Waals surface area contributed by atoms with E-state index in [0.717, 1.165) is 45.0 Å². The average molecular weight is 414 g/mol. The van der Waals surface area contributed by atoms with E-state index in [2.05, 4.69) is 50.5 Å². The molecule has 7 rings (SSSR count). The minimum Gasteiger partial charge on any atom is -0.348 e. The zero-order valence-electron chi connectivity index (χ0n) is 17.5. The number of hydrogen-bond acceptors (Lipinski definition) is 4. The third-order valence-electron chi connectivity index (χ3n) is 7.33. The third kappa shape index (κ3) is 3.18. The van der Waals surface area contributed by atoms with E-state index in [1.54, 1.807) is 10.9 Å². The van der Waals surface area contributed by atoms with Crippen LogP contribution < -0.4 is 5.32 Å². The van der Waals surface area contributed by atoms with Gasteiger partial charge in [0.2, 0.25) is 0 Å².